The number of hydrogen-bond acceptors (Lipinski definition) is 5. The Bertz CT molecular complexity index is 611. The summed E-state index contributed by atoms with van der Waals surface area (Å²) in [5.74, 6) is -1.71. The SMILES string of the molecule is CCOC(=O)C(=O)Nc1nc2ccc(Br)cc2s1. The van der Waals surface area contributed by atoms with E-state index in [0.29, 0.717) is 5.13 Å². The molecule has 0 unspecified atom stereocenters. The van der Waals surface area contributed by atoms with Crippen molar-refractivity contribution in [2.24, 2.45) is 0 Å². The number of nitrogens with zero attached hydrogens (tertiary/aromatic N) is 1. The maximum atomic E-state index is 11.4. The lowest BCUT2D eigenvalue weighted by molar-refractivity contribution is -0.152. The van der Waals surface area contributed by atoms with Crippen molar-refractivity contribution in [3.63, 3.8) is 0 Å². The van der Waals surface area contributed by atoms with Crippen LogP contribution < -0.4 is 5.32 Å². The van der Waals surface area contributed by atoms with Gasteiger partial charge in [-0.05, 0) is 25.1 Å². The van der Waals surface area contributed by atoms with Crippen LogP contribution >= 0.6 is 27.3 Å². The number of benzene rings is 1. The van der Waals surface area contributed by atoms with Crippen molar-refractivity contribution in [3.05, 3.63) is 22.7 Å². The number of thiazole rings is 1. The van der Waals surface area contributed by atoms with E-state index in [0.717, 1.165) is 14.7 Å². The van der Waals surface area contributed by atoms with Gasteiger partial charge in [0.2, 0.25) is 0 Å². The average Bonchev–Trinajstić information content (AvgIpc) is 2.70. The molecule has 5 nitrogen and oxygen atoms in total. The highest BCUT2D eigenvalue weighted by Gasteiger charge is 2.16. The Morgan fingerprint density at radius 3 is 3.00 bits per heavy atom. The second-order valence-corrected chi connectivity index (χ2v) is 5.25. The van der Waals surface area contributed by atoms with Crippen LogP contribution in [0, 0.1) is 0 Å². The van der Waals surface area contributed by atoms with Crippen LogP contribution in [0.5, 0.6) is 0 Å². The molecular formula is C11H9BrN2O3S. The molecule has 2 rings (SSSR count). The van der Waals surface area contributed by atoms with Crippen molar-refractivity contribution in [2.45, 2.75) is 6.92 Å². The van der Waals surface area contributed by atoms with Gasteiger partial charge in [-0.15, -0.1) is 0 Å². The summed E-state index contributed by atoms with van der Waals surface area (Å²) in [5.41, 5.74) is 0.766. The molecule has 1 N–H and O–H groups in total. The lowest BCUT2D eigenvalue weighted by atomic mass is 10.3. The third-order valence-electron chi connectivity index (χ3n) is 2.03. The Morgan fingerprint density at radius 2 is 2.28 bits per heavy atom. The van der Waals surface area contributed by atoms with E-state index in [9.17, 15) is 9.59 Å². The van der Waals surface area contributed by atoms with Gasteiger partial charge in [0.15, 0.2) is 5.13 Å². The quantitative estimate of drug-likeness (QED) is 0.679. The van der Waals surface area contributed by atoms with Gasteiger partial charge in [0.05, 0.1) is 16.8 Å². The molecule has 1 amide bonds. The minimum Gasteiger partial charge on any atom is -0.459 e. The van der Waals surface area contributed by atoms with E-state index < -0.39 is 11.9 Å². The van der Waals surface area contributed by atoms with Gasteiger partial charge in [0, 0.05) is 4.47 Å². The third kappa shape index (κ3) is 2.85. The smallest absolute Gasteiger partial charge is 0.397 e. The van der Waals surface area contributed by atoms with Crippen molar-refractivity contribution in [2.75, 3.05) is 11.9 Å². The van der Waals surface area contributed by atoms with Gasteiger partial charge in [-0.25, -0.2) is 9.78 Å². The standard InChI is InChI=1S/C11H9BrN2O3S/c1-2-17-10(16)9(15)14-11-13-7-4-3-6(12)5-8(7)18-11/h3-5H,2H2,1H3,(H,13,14,15). The monoisotopic (exact) mass is 328 g/mol. The maximum Gasteiger partial charge on any atom is 0.397 e. The van der Waals surface area contributed by atoms with Gasteiger partial charge in [0.1, 0.15) is 0 Å². The Kier molecular flexibility index (Phi) is 3.93. The average molecular weight is 329 g/mol. The van der Waals surface area contributed by atoms with Gasteiger partial charge < -0.3 is 4.74 Å². The largest absolute Gasteiger partial charge is 0.459 e. The zero-order valence-electron chi connectivity index (χ0n) is 9.40. The molecule has 0 saturated carbocycles. The number of hydrogen-bond donors (Lipinski definition) is 1. The van der Waals surface area contributed by atoms with Crippen LogP contribution in [0.15, 0.2) is 22.7 Å². The zero-order valence-corrected chi connectivity index (χ0v) is 11.8. The Hall–Kier alpha value is -1.47. The molecule has 7 heteroatoms. The molecule has 18 heavy (non-hydrogen) atoms. The summed E-state index contributed by atoms with van der Waals surface area (Å²) in [6, 6.07) is 5.59. The summed E-state index contributed by atoms with van der Waals surface area (Å²) in [4.78, 5) is 26.8. The molecular weight excluding hydrogens is 320 g/mol. The molecule has 0 atom stereocenters. The second kappa shape index (κ2) is 5.45. The van der Waals surface area contributed by atoms with Gasteiger partial charge in [-0.2, -0.15) is 0 Å². The Morgan fingerprint density at radius 1 is 1.50 bits per heavy atom. The lowest BCUT2D eigenvalue weighted by Crippen LogP contribution is -2.24. The summed E-state index contributed by atoms with van der Waals surface area (Å²) in [5, 5.41) is 2.79. The summed E-state index contributed by atoms with van der Waals surface area (Å²) in [6.45, 7) is 1.81. The lowest BCUT2D eigenvalue weighted by Gasteiger charge is -2.00. The number of rotatable bonds is 2. The predicted octanol–water partition coefficient (Wildman–Crippen LogP) is 2.56. The molecule has 2 aromatic rings. The van der Waals surface area contributed by atoms with E-state index in [4.69, 9.17) is 0 Å². The van der Waals surface area contributed by atoms with Gasteiger partial charge >= 0.3 is 11.9 Å². The number of carbonyl (C=O) groups is 2. The maximum absolute atomic E-state index is 11.4. The fourth-order valence-corrected chi connectivity index (χ4v) is 2.71. The molecule has 94 valence electrons. The topological polar surface area (TPSA) is 68.3 Å². The van der Waals surface area contributed by atoms with Crippen LogP contribution in [0.2, 0.25) is 0 Å². The molecule has 0 bridgehead atoms. The van der Waals surface area contributed by atoms with E-state index in [1.54, 1.807) is 6.92 Å². The van der Waals surface area contributed by atoms with Gasteiger partial charge in [-0.1, -0.05) is 27.3 Å². The molecule has 0 aliphatic heterocycles. The minimum absolute atomic E-state index is 0.166. The van der Waals surface area contributed by atoms with Gasteiger partial charge in [-0.3, -0.25) is 10.1 Å². The molecule has 1 heterocycles. The molecule has 0 fully saturated rings. The summed E-state index contributed by atoms with van der Waals surface area (Å²) >= 11 is 4.65. The normalized spacial score (nSPS) is 10.3. The molecule has 1 aromatic heterocycles. The number of ether oxygens (including phenoxy) is 1. The minimum atomic E-state index is -0.905. The van der Waals surface area contributed by atoms with Crippen molar-refractivity contribution in [1.82, 2.24) is 4.98 Å². The van der Waals surface area contributed by atoms with Crippen molar-refractivity contribution in [1.29, 1.82) is 0 Å². The van der Waals surface area contributed by atoms with Crippen molar-refractivity contribution in [3.8, 4) is 0 Å². The van der Waals surface area contributed by atoms with E-state index in [1.165, 1.54) is 11.3 Å². The first-order chi connectivity index (χ1) is 8.60. The zero-order chi connectivity index (χ0) is 13.1. The second-order valence-electron chi connectivity index (χ2n) is 3.31. The van der Waals surface area contributed by atoms with E-state index >= 15 is 0 Å². The highest BCUT2D eigenvalue weighted by molar-refractivity contribution is 9.10. The first kappa shape index (κ1) is 13.0. The van der Waals surface area contributed by atoms with E-state index in [2.05, 4.69) is 31.0 Å². The van der Waals surface area contributed by atoms with E-state index in [-0.39, 0.29) is 6.61 Å². The van der Waals surface area contributed by atoms with Crippen LogP contribution in [-0.2, 0) is 14.3 Å². The number of anilines is 1. The number of nitrogens with one attached hydrogen (secondary N) is 1. The van der Waals surface area contributed by atoms with Crippen LogP contribution in [0.3, 0.4) is 0 Å². The number of esters is 1. The predicted molar refractivity (Wildman–Crippen MR) is 72.6 cm³/mol. The van der Waals surface area contributed by atoms with Crippen molar-refractivity contribution >= 4 is 54.5 Å². The molecule has 0 aliphatic rings. The molecule has 1 aromatic carbocycles. The highest BCUT2D eigenvalue weighted by atomic mass is 79.9. The fourth-order valence-electron chi connectivity index (χ4n) is 1.30. The first-order valence-corrected chi connectivity index (χ1v) is 6.75. The third-order valence-corrected chi connectivity index (χ3v) is 3.46. The molecule has 0 spiro atoms. The van der Waals surface area contributed by atoms with Crippen LogP contribution in [0.4, 0.5) is 5.13 Å². The summed E-state index contributed by atoms with van der Waals surface area (Å²) in [7, 11) is 0. The first-order valence-electron chi connectivity index (χ1n) is 5.14. The van der Waals surface area contributed by atoms with Crippen molar-refractivity contribution < 1.29 is 14.3 Å². The van der Waals surface area contributed by atoms with Gasteiger partial charge in [0.25, 0.3) is 0 Å². The number of amides is 1. The Balaban J connectivity index is 2.17. The molecule has 0 aliphatic carbocycles. The summed E-state index contributed by atoms with van der Waals surface area (Å²) < 4.78 is 6.44. The van der Waals surface area contributed by atoms with Crippen LogP contribution in [-0.4, -0.2) is 23.5 Å². The van der Waals surface area contributed by atoms with Crippen LogP contribution in [0.1, 0.15) is 6.92 Å². The number of halogens is 1. The van der Waals surface area contributed by atoms with E-state index in [1.807, 2.05) is 18.2 Å². The van der Waals surface area contributed by atoms with Crippen LogP contribution in [0.25, 0.3) is 10.2 Å². The Labute approximate surface area is 115 Å². The number of aromatic nitrogens is 1. The molecule has 0 radical (unpaired) electrons. The number of fused-ring (bicyclic) bond motifs is 1. The fraction of sp³-hybridized carbons (Fsp3) is 0.182. The summed E-state index contributed by atoms with van der Waals surface area (Å²) in [6.07, 6.45) is 0. The highest BCUT2D eigenvalue weighted by Crippen LogP contribution is 2.28. The molecule has 0 saturated heterocycles. The number of carbonyl (C=O) groups excluding carboxylic acids is 2.